The molecule has 0 aromatic heterocycles. The van der Waals surface area contributed by atoms with Gasteiger partial charge in [0.2, 0.25) is 5.91 Å². The number of ether oxygens (including phenoxy) is 1. The zero-order valence-corrected chi connectivity index (χ0v) is 46.3. The number of phosphoric acid groups is 1. The maximum Gasteiger partial charge on any atom is 0.472 e. The molecule has 0 heterocycles. The van der Waals surface area contributed by atoms with Gasteiger partial charge >= 0.3 is 13.8 Å². The molecule has 0 saturated carbocycles. The summed E-state index contributed by atoms with van der Waals surface area (Å²) in [5.41, 5.74) is 0. The summed E-state index contributed by atoms with van der Waals surface area (Å²) in [7, 11) is 1.51. The molecule has 10 heteroatoms. The zero-order chi connectivity index (χ0) is 49.4. The molecule has 0 radical (unpaired) electrons. The molecule has 3 atom stereocenters. The molecule has 0 rings (SSSR count). The maximum absolute atomic E-state index is 13.5. The minimum atomic E-state index is -4.43. The lowest BCUT2D eigenvalue weighted by molar-refractivity contribution is -0.870. The second-order valence-electron chi connectivity index (χ2n) is 21.2. The number of unbranched alkanes of at least 4 members (excludes halogenated alkanes) is 37. The Hall–Kier alpha value is -1.25. The largest absolute Gasteiger partial charge is 0.472 e. The number of phosphoric ester groups is 1. The monoisotopic (exact) mass is 970 g/mol. The summed E-state index contributed by atoms with van der Waals surface area (Å²) in [6, 6.07) is -0.838. The number of carbonyl (C=O) groups excluding carboxylic acids is 2. The van der Waals surface area contributed by atoms with Gasteiger partial charge in [-0.25, -0.2) is 4.57 Å². The Bertz CT molecular complexity index is 1160. The van der Waals surface area contributed by atoms with Crippen molar-refractivity contribution in [2.24, 2.45) is 0 Å². The summed E-state index contributed by atoms with van der Waals surface area (Å²) in [6.07, 6.45) is 53.3. The molecule has 0 aromatic carbocycles. The van der Waals surface area contributed by atoms with Crippen LogP contribution in [0.3, 0.4) is 0 Å². The van der Waals surface area contributed by atoms with E-state index in [9.17, 15) is 19.0 Å². The lowest BCUT2D eigenvalue weighted by Gasteiger charge is -2.27. The summed E-state index contributed by atoms with van der Waals surface area (Å²) in [4.78, 5) is 37.6. The van der Waals surface area contributed by atoms with Crippen molar-refractivity contribution in [1.82, 2.24) is 5.32 Å². The molecule has 2 N–H and O–H groups in total. The first-order valence-corrected chi connectivity index (χ1v) is 30.5. The SMILES string of the molecule is CCCCCCCCCCCCC/C=C/C(OC(=O)CCCCCCCCCCCCCCC)C(COP(=O)(O)OCC[N+](C)(C)C)NC(=O)CCCCCCCCCCCCCCCCC. The number of rotatable bonds is 53. The average molecular weight is 971 g/mol. The Morgan fingerprint density at radius 3 is 1.22 bits per heavy atom. The van der Waals surface area contributed by atoms with E-state index in [1.54, 1.807) is 0 Å². The van der Waals surface area contributed by atoms with E-state index >= 15 is 0 Å². The first-order valence-electron chi connectivity index (χ1n) is 29.0. The van der Waals surface area contributed by atoms with E-state index in [1.807, 2.05) is 33.3 Å². The molecule has 0 aliphatic carbocycles. The highest BCUT2D eigenvalue weighted by molar-refractivity contribution is 7.47. The van der Waals surface area contributed by atoms with Crippen molar-refractivity contribution in [3.8, 4) is 0 Å². The quantitative estimate of drug-likeness (QED) is 0.0205. The van der Waals surface area contributed by atoms with Gasteiger partial charge in [0.15, 0.2) is 0 Å². The first-order chi connectivity index (χ1) is 32.4. The minimum Gasteiger partial charge on any atom is -0.456 e. The number of nitrogens with zero attached hydrogens (tertiary/aromatic N) is 1. The van der Waals surface area contributed by atoms with Crippen LogP contribution in [0.5, 0.6) is 0 Å². The number of likely N-dealkylation sites (N-methyl/N-ethyl adjacent to an activating group) is 1. The number of esters is 1. The molecule has 1 amide bonds. The Labute approximate surface area is 416 Å². The molecule has 9 nitrogen and oxygen atoms in total. The van der Waals surface area contributed by atoms with Crippen molar-refractivity contribution in [3.63, 3.8) is 0 Å². The Kier molecular flexibility index (Phi) is 47.5. The van der Waals surface area contributed by atoms with Gasteiger partial charge in [0.25, 0.3) is 0 Å². The van der Waals surface area contributed by atoms with Crippen LogP contribution in [-0.4, -0.2) is 74.3 Å². The van der Waals surface area contributed by atoms with E-state index in [4.69, 9.17) is 13.8 Å². The van der Waals surface area contributed by atoms with Gasteiger partial charge in [-0.15, -0.1) is 0 Å². The van der Waals surface area contributed by atoms with Crippen molar-refractivity contribution in [2.75, 3.05) is 40.9 Å². The predicted molar refractivity (Wildman–Crippen MR) is 287 cm³/mol. The Morgan fingerprint density at radius 2 is 0.851 bits per heavy atom. The zero-order valence-electron chi connectivity index (χ0n) is 45.4. The third-order valence-corrected chi connectivity index (χ3v) is 14.2. The van der Waals surface area contributed by atoms with Crippen molar-refractivity contribution >= 4 is 19.7 Å². The van der Waals surface area contributed by atoms with E-state index < -0.39 is 20.0 Å². The average Bonchev–Trinajstić information content (AvgIpc) is 3.28. The molecule has 0 aliphatic heterocycles. The second-order valence-corrected chi connectivity index (χ2v) is 22.6. The molecule has 3 unspecified atom stereocenters. The van der Waals surface area contributed by atoms with Crippen LogP contribution in [-0.2, 0) is 27.9 Å². The van der Waals surface area contributed by atoms with Crippen LogP contribution >= 0.6 is 7.82 Å². The summed E-state index contributed by atoms with van der Waals surface area (Å²) in [5.74, 6) is -0.487. The number of hydrogen-bond acceptors (Lipinski definition) is 6. The lowest BCUT2D eigenvalue weighted by atomic mass is 10.0. The fourth-order valence-corrected chi connectivity index (χ4v) is 9.44. The summed E-state index contributed by atoms with van der Waals surface area (Å²) in [5, 5.41) is 3.06. The van der Waals surface area contributed by atoms with Crippen LogP contribution in [0.15, 0.2) is 12.2 Å². The van der Waals surface area contributed by atoms with E-state index in [-0.39, 0.29) is 25.1 Å². The van der Waals surface area contributed by atoms with Crippen LogP contribution in [0, 0.1) is 0 Å². The standard InChI is InChI=1S/C57H113N2O7P/c1-7-10-13-16-19-22-25-28-29-32-34-37-40-43-46-49-56(60)58-54(53-65-67(62,63)64-52-51-59(4,5)6)55(48-45-42-39-36-33-30-26-23-20-17-14-11-8-2)66-57(61)50-47-44-41-38-35-31-27-24-21-18-15-12-9-3/h45,48,54-55H,7-44,46-47,49-53H2,1-6H3,(H-,58,60,62,63)/p+1/b48-45+. The Morgan fingerprint density at radius 1 is 0.507 bits per heavy atom. The van der Waals surface area contributed by atoms with Crippen LogP contribution in [0.4, 0.5) is 0 Å². The second kappa shape index (κ2) is 48.4. The molecular weight excluding hydrogens is 856 g/mol. The normalized spacial score (nSPS) is 13.8. The minimum absolute atomic E-state index is 0.0455. The highest BCUT2D eigenvalue weighted by Crippen LogP contribution is 2.43. The summed E-state index contributed by atoms with van der Waals surface area (Å²) in [6.45, 7) is 7.05. The smallest absolute Gasteiger partial charge is 0.456 e. The molecule has 398 valence electrons. The molecule has 67 heavy (non-hydrogen) atoms. The van der Waals surface area contributed by atoms with Gasteiger partial charge in [0.05, 0.1) is 33.8 Å². The summed E-state index contributed by atoms with van der Waals surface area (Å²) < 4.78 is 30.6. The highest BCUT2D eigenvalue weighted by Gasteiger charge is 2.30. The topological polar surface area (TPSA) is 111 Å². The number of carbonyl (C=O) groups is 2. The third kappa shape index (κ3) is 49.5. The number of hydrogen-bond donors (Lipinski definition) is 2. The number of nitrogens with one attached hydrogen (secondary N) is 1. The number of amides is 1. The van der Waals surface area contributed by atoms with Gasteiger partial charge in [-0.05, 0) is 31.8 Å². The van der Waals surface area contributed by atoms with Crippen molar-refractivity contribution in [1.29, 1.82) is 0 Å². The lowest BCUT2D eigenvalue weighted by Crippen LogP contribution is -2.47. The summed E-state index contributed by atoms with van der Waals surface area (Å²) >= 11 is 0. The highest BCUT2D eigenvalue weighted by atomic mass is 31.2. The van der Waals surface area contributed by atoms with Gasteiger partial charge < -0.3 is 19.4 Å². The molecular formula is C57H114N2O7P+. The van der Waals surface area contributed by atoms with Gasteiger partial charge in [0, 0.05) is 12.8 Å². The fourth-order valence-electron chi connectivity index (χ4n) is 8.71. The van der Waals surface area contributed by atoms with Crippen LogP contribution in [0.25, 0.3) is 0 Å². The van der Waals surface area contributed by atoms with Gasteiger partial charge in [-0.1, -0.05) is 258 Å². The van der Waals surface area contributed by atoms with Crippen LogP contribution in [0.2, 0.25) is 0 Å². The van der Waals surface area contributed by atoms with Gasteiger partial charge in [0.1, 0.15) is 19.3 Å². The first kappa shape index (κ1) is 65.8. The van der Waals surface area contributed by atoms with E-state index in [0.29, 0.717) is 23.9 Å². The van der Waals surface area contributed by atoms with Crippen molar-refractivity contribution in [3.05, 3.63) is 12.2 Å². The van der Waals surface area contributed by atoms with E-state index in [2.05, 4.69) is 26.1 Å². The van der Waals surface area contributed by atoms with Crippen LogP contribution in [0.1, 0.15) is 290 Å². The Balaban J connectivity index is 5.33. The van der Waals surface area contributed by atoms with Crippen LogP contribution < -0.4 is 5.32 Å². The molecule has 0 aromatic rings. The van der Waals surface area contributed by atoms with E-state index in [1.165, 1.54) is 199 Å². The van der Waals surface area contributed by atoms with Crippen molar-refractivity contribution < 1.29 is 37.3 Å². The molecule has 0 fully saturated rings. The molecule has 0 saturated heterocycles. The predicted octanol–water partition coefficient (Wildman–Crippen LogP) is 17.2. The molecule has 0 bridgehead atoms. The third-order valence-electron chi connectivity index (χ3n) is 13.2. The van der Waals surface area contributed by atoms with Gasteiger partial charge in [-0.3, -0.25) is 18.6 Å². The van der Waals surface area contributed by atoms with Crippen molar-refractivity contribution in [2.45, 2.75) is 303 Å². The fraction of sp³-hybridized carbons (Fsp3) is 0.930. The maximum atomic E-state index is 13.5. The van der Waals surface area contributed by atoms with E-state index in [0.717, 1.165) is 57.8 Å². The number of quaternary nitrogens is 1. The number of allylic oxidation sites excluding steroid dienone is 1. The molecule has 0 spiro atoms. The van der Waals surface area contributed by atoms with Gasteiger partial charge in [-0.2, -0.15) is 0 Å². The molecule has 0 aliphatic rings.